The summed E-state index contributed by atoms with van der Waals surface area (Å²) in [6.45, 7) is 23.3. The van der Waals surface area contributed by atoms with E-state index in [1.807, 2.05) is 0 Å². The quantitative estimate of drug-likeness (QED) is 0.165. The minimum Gasteiger partial charge on any atom is -0.456 e. The molecule has 0 N–H and O–H groups in total. The van der Waals surface area contributed by atoms with Crippen LogP contribution >= 0.6 is 0 Å². The van der Waals surface area contributed by atoms with Gasteiger partial charge >= 0.3 is 6.85 Å². The van der Waals surface area contributed by atoms with Crippen molar-refractivity contribution in [3.63, 3.8) is 0 Å². The van der Waals surface area contributed by atoms with Crippen molar-refractivity contribution in [1.29, 1.82) is 0 Å². The fourth-order valence-corrected chi connectivity index (χ4v) is 13.0. The summed E-state index contributed by atoms with van der Waals surface area (Å²) >= 11 is 0. The van der Waals surface area contributed by atoms with Gasteiger partial charge in [-0.3, -0.25) is 0 Å². The van der Waals surface area contributed by atoms with E-state index >= 15 is 0 Å². The van der Waals surface area contributed by atoms with Gasteiger partial charge in [0.05, 0.1) is 5.69 Å². The van der Waals surface area contributed by atoms with Gasteiger partial charge in [0.1, 0.15) is 22.3 Å². The van der Waals surface area contributed by atoms with E-state index in [1.165, 1.54) is 55.4 Å². The van der Waals surface area contributed by atoms with Crippen molar-refractivity contribution in [2.24, 2.45) is 0 Å². The van der Waals surface area contributed by atoms with Gasteiger partial charge in [-0.05, 0) is 145 Å². The normalized spacial score (nSPS) is 15.6. The van der Waals surface area contributed by atoms with Crippen LogP contribution in [-0.2, 0) is 21.7 Å². The lowest BCUT2D eigenvalue weighted by molar-refractivity contribution is 0.332. The number of anilines is 5. The summed E-state index contributed by atoms with van der Waals surface area (Å²) in [4.78, 5) is 5.22. The highest BCUT2D eigenvalue weighted by molar-refractivity contribution is 6.94. The van der Waals surface area contributed by atoms with Crippen molar-refractivity contribution in [3.8, 4) is 33.4 Å². The van der Waals surface area contributed by atoms with Crippen molar-refractivity contribution < 1.29 is 8.83 Å². The minimum atomic E-state index is -0.249. The Morgan fingerprint density at radius 3 is 1.72 bits per heavy atom. The molecule has 0 bridgehead atoms. The topological polar surface area (TPSA) is 32.8 Å². The lowest BCUT2D eigenvalue weighted by atomic mass is 9.43. The SMILES string of the molecule is CC(C)(C)c1ccc2c(c1)B1c3c(cc4c(oc5ccccc54)c3-c3cc4c(cc3N1c1ccc(-c3ccccc3)cc1)oc1cc3c(cc14)C(C)(C)CCC3(C)C)N2c1ccc(C(C)(C)C)cc1-c1ccccc1. The molecule has 5 heteroatoms. The van der Waals surface area contributed by atoms with Crippen LogP contribution < -0.4 is 20.6 Å². The summed E-state index contributed by atoms with van der Waals surface area (Å²) in [7, 11) is 0. The highest BCUT2D eigenvalue weighted by atomic mass is 16.3. The first kappa shape index (κ1) is 45.8. The Morgan fingerprint density at radius 2 is 1.03 bits per heavy atom. The number of fused-ring (bicyclic) bond motifs is 12. The first-order valence-corrected chi connectivity index (χ1v) is 27.1. The molecule has 11 aromatic rings. The Labute approximate surface area is 441 Å². The van der Waals surface area contributed by atoms with E-state index in [0.717, 1.165) is 96.3 Å². The average Bonchev–Trinajstić information content (AvgIpc) is 4.05. The van der Waals surface area contributed by atoms with Crippen LogP contribution in [0.3, 0.4) is 0 Å². The number of furan rings is 2. The van der Waals surface area contributed by atoms with Gasteiger partial charge in [-0.1, -0.05) is 178 Å². The average molecular weight is 975 g/mol. The van der Waals surface area contributed by atoms with E-state index in [-0.39, 0.29) is 28.5 Å². The summed E-state index contributed by atoms with van der Waals surface area (Å²) in [6.07, 6.45) is 2.28. The molecule has 0 radical (unpaired) electrons. The molecule has 0 atom stereocenters. The molecule has 0 unspecified atom stereocenters. The van der Waals surface area contributed by atoms with Gasteiger partial charge in [0.25, 0.3) is 0 Å². The van der Waals surface area contributed by atoms with Crippen LogP contribution in [0.2, 0.25) is 0 Å². The molecular formula is C70H63BN2O2. The van der Waals surface area contributed by atoms with E-state index in [1.54, 1.807) is 0 Å². The molecule has 0 amide bonds. The highest BCUT2D eigenvalue weighted by Crippen LogP contribution is 2.55. The molecule has 1 aliphatic carbocycles. The molecule has 0 spiro atoms. The van der Waals surface area contributed by atoms with Crippen molar-refractivity contribution in [1.82, 2.24) is 0 Å². The standard InChI is InChI=1S/C70H63BN2O2/c1-67(2,3)45-27-31-57(49(35-45)44-21-15-12-16-22-44)72-58-32-28-46(68(4,5)6)36-56(58)71-65-60(72)39-52-48-23-17-18-24-61(48)75-66(52)64(65)53-37-50-51-38-54-55(70(9,10)34-33-69(54,7)8)40-62(51)74-63(50)41-59(53)73(71)47-29-25-43(26-30-47)42-19-13-11-14-20-42/h11-32,35-41H,33-34H2,1-10H3. The number of hydrogen-bond donors (Lipinski definition) is 0. The Bertz CT molecular complexity index is 4140. The molecule has 0 saturated carbocycles. The summed E-state index contributed by atoms with van der Waals surface area (Å²) in [5.74, 6) is 0. The van der Waals surface area contributed by atoms with Crippen molar-refractivity contribution in [3.05, 3.63) is 198 Å². The summed E-state index contributed by atoms with van der Waals surface area (Å²) in [6, 6.07) is 66.1. The van der Waals surface area contributed by atoms with Crippen LogP contribution in [0.4, 0.5) is 28.4 Å². The van der Waals surface area contributed by atoms with Gasteiger partial charge in [-0.2, -0.15) is 0 Å². The van der Waals surface area contributed by atoms with Crippen LogP contribution in [0, 0.1) is 0 Å². The molecule has 14 rings (SSSR count). The smallest absolute Gasteiger partial charge is 0.333 e. The van der Waals surface area contributed by atoms with Crippen LogP contribution in [0.1, 0.15) is 104 Å². The second-order valence-electron chi connectivity index (χ2n) is 25.2. The number of rotatable bonds is 4. The summed E-state index contributed by atoms with van der Waals surface area (Å²) in [5, 5.41) is 4.50. The molecular weight excluding hydrogens is 912 g/mol. The van der Waals surface area contributed by atoms with E-state index in [4.69, 9.17) is 8.83 Å². The third-order valence-electron chi connectivity index (χ3n) is 17.4. The van der Waals surface area contributed by atoms with Crippen LogP contribution in [-0.4, -0.2) is 6.85 Å². The van der Waals surface area contributed by atoms with Crippen LogP contribution in [0.5, 0.6) is 0 Å². The zero-order valence-corrected chi connectivity index (χ0v) is 44.9. The molecule has 0 saturated heterocycles. The maximum Gasteiger partial charge on any atom is 0.333 e. The lowest BCUT2D eigenvalue weighted by Gasteiger charge is -2.46. The van der Waals surface area contributed by atoms with Crippen LogP contribution in [0.15, 0.2) is 185 Å². The van der Waals surface area contributed by atoms with Gasteiger partial charge in [0.2, 0.25) is 0 Å². The van der Waals surface area contributed by atoms with E-state index in [0.29, 0.717) is 0 Å². The van der Waals surface area contributed by atoms with Crippen LogP contribution in [0.25, 0.3) is 77.3 Å². The Hall–Kier alpha value is -7.76. The maximum absolute atomic E-state index is 7.28. The molecule has 4 heterocycles. The molecule has 0 fully saturated rings. The summed E-state index contributed by atoms with van der Waals surface area (Å²) < 4.78 is 14.5. The zero-order valence-electron chi connectivity index (χ0n) is 44.9. The zero-order chi connectivity index (χ0) is 51.5. The van der Waals surface area contributed by atoms with Gasteiger partial charge in [0.15, 0.2) is 0 Å². The van der Waals surface area contributed by atoms with Crippen molar-refractivity contribution >= 4 is 90.1 Å². The largest absolute Gasteiger partial charge is 0.456 e. The first-order chi connectivity index (χ1) is 35.9. The van der Waals surface area contributed by atoms with E-state index < -0.39 is 0 Å². The third kappa shape index (κ3) is 6.96. The monoisotopic (exact) mass is 974 g/mol. The number of benzene rings is 9. The Kier molecular flexibility index (Phi) is 9.71. The lowest BCUT2D eigenvalue weighted by Crippen LogP contribution is -2.61. The first-order valence-electron chi connectivity index (χ1n) is 27.1. The molecule has 75 heavy (non-hydrogen) atoms. The predicted octanol–water partition coefficient (Wildman–Crippen LogP) is 18.5. The highest BCUT2D eigenvalue weighted by Gasteiger charge is 2.48. The molecule has 9 aromatic carbocycles. The number of para-hydroxylation sites is 1. The maximum atomic E-state index is 7.28. The van der Waals surface area contributed by atoms with Gasteiger partial charge < -0.3 is 18.5 Å². The number of nitrogens with zero attached hydrogens (tertiary/aromatic N) is 2. The second kappa shape index (κ2) is 15.9. The molecule has 4 nitrogen and oxygen atoms in total. The van der Waals surface area contributed by atoms with Gasteiger partial charge in [-0.25, -0.2) is 0 Å². The Balaban J connectivity index is 1.14. The predicted molar refractivity (Wildman–Crippen MR) is 318 cm³/mol. The minimum absolute atomic E-state index is 0.0398. The summed E-state index contributed by atoms with van der Waals surface area (Å²) in [5.41, 5.74) is 24.1. The van der Waals surface area contributed by atoms with Gasteiger partial charge in [0, 0.05) is 67.1 Å². The molecule has 2 aliphatic heterocycles. The molecule has 368 valence electrons. The molecule has 3 aliphatic rings. The Morgan fingerprint density at radius 1 is 0.440 bits per heavy atom. The van der Waals surface area contributed by atoms with Gasteiger partial charge in [-0.15, -0.1) is 0 Å². The van der Waals surface area contributed by atoms with E-state index in [9.17, 15) is 0 Å². The van der Waals surface area contributed by atoms with Crippen molar-refractivity contribution in [2.45, 2.75) is 104 Å². The fraction of sp³-hybridized carbons (Fsp3) is 0.229. The van der Waals surface area contributed by atoms with Crippen molar-refractivity contribution in [2.75, 3.05) is 9.71 Å². The second-order valence-corrected chi connectivity index (χ2v) is 25.2. The third-order valence-corrected chi connectivity index (χ3v) is 17.4. The number of hydrogen-bond acceptors (Lipinski definition) is 4. The van der Waals surface area contributed by atoms with E-state index in [2.05, 4.69) is 255 Å². The fourth-order valence-electron chi connectivity index (χ4n) is 13.0. The molecule has 2 aromatic heterocycles.